The number of hydrogen-bond donors (Lipinski definition) is 1. The van der Waals surface area contributed by atoms with Gasteiger partial charge in [-0.05, 0) is 36.8 Å². The summed E-state index contributed by atoms with van der Waals surface area (Å²) in [5, 5.41) is 0. The second kappa shape index (κ2) is 2.62. The minimum Gasteiger partial charge on any atom is -0.382 e. The van der Waals surface area contributed by atoms with Crippen LogP contribution < -0.4 is 10.6 Å². The smallest absolute Gasteiger partial charge is 0.146 e. The maximum absolute atomic E-state index is 5.86. The maximum atomic E-state index is 5.86. The molecular weight excluding hydrogens is 174 g/mol. The van der Waals surface area contributed by atoms with E-state index in [0.29, 0.717) is 11.2 Å². The Balaban J connectivity index is 1.86. The van der Waals surface area contributed by atoms with Crippen LogP contribution in [0.25, 0.3) is 0 Å². The zero-order valence-electron chi connectivity index (χ0n) is 8.24. The number of anilines is 2. The predicted octanol–water partition coefficient (Wildman–Crippen LogP) is 1.65. The molecule has 0 radical (unpaired) electrons. The summed E-state index contributed by atoms with van der Waals surface area (Å²) in [5.74, 6) is 0.671. The Morgan fingerprint density at radius 1 is 1.36 bits per heavy atom. The fourth-order valence-electron chi connectivity index (χ4n) is 2.40. The van der Waals surface area contributed by atoms with E-state index in [1.807, 2.05) is 6.07 Å². The quantitative estimate of drug-likeness (QED) is 0.730. The van der Waals surface area contributed by atoms with Crippen LogP contribution >= 0.6 is 0 Å². The van der Waals surface area contributed by atoms with Gasteiger partial charge in [0.25, 0.3) is 0 Å². The lowest BCUT2D eigenvalue weighted by Gasteiger charge is -2.19. The van der Waals surface area contributed by atoms with E-state index in [4.69, 9.17) is 5.73 Å². The molecule has 3 heteroatoms. The minimum absolute atomic E-state index is 0.655. The van der Waals surface area contributed by atoms with Gasteiger partial charge < -0.3 is 10.6 Å². The normalized spacial score (nSPS) is 23.0. The Kier molecular flexibility index (Phi) is 1.52. The summed E-state index contributed by atoms with van der Waals surface area (Å²) in [6.07, 6.45) is 5.90. The molecule has 14 heavy (non-hydrogen) atoms. The number of rotatable bonds is 1. The molecule has 2 N–H and O–H groups in total. The van der Waals surface area contributed by atoms with E-state index >= 15 is 0 Å². The van der Waals surface area contributed by atoms with Crippen molar-refractivity contribution in [3.05, 3.63) is 18.3 Å². The molecule has 1 saturated carbocycles. The van der Waals surface area contributed by atoms with Gasteiger partial charge >= 0.3 is 0 Å². The van der Waals surface area contributed by atoms with Crippen LogP contribution in [0, 0.1) is 5.41 Å². The van der Waals surface area contributed by atoms with E-state index in [1.54, 1.807) is 6.20 Å². The Morgan fingerprint density at radius 2 is 2.21 bits per heavy atom. The van der Waals surface area contributed by atoms with E-state index in [2.05, 4.69) is 16.0 Å². The molecule has 2 heterocycles. The largest absolute Gasteiger partial charge is 0.382 e. The molecule has 2 fully saturated rings. The Morgan fingerprint density at radius 3 is 2.86 bits per heavy atom. The van der Waals surface area contributed by atoms with Crippen LogP contribution in [0.4, 0.5) is 11.5 Å². The first kappa shape index (κ1) is 8.09. The van der Waals surface area contributed by atoms with Gasteiger partial charge in [0.05, 0.1) is 5.69 Å². The molecular formula is C11H15N3. The molecule has 3 rings (SSSR count). The average molecular weight is 189 g/mol. The topological polar surface area (TPSA) is 42.1 Å². The van der Waals surface area contributed by atoms with Gasteiger partial charge in [-0.25, -0.2) is 4.98 Å². The SMILES string of the molecule is Nc1ncccc1N1CCC2(CC2)C1. The Hall–Kier alpha value is -1.25. The molecule has 2 aliphatic rings. The van der Waals surface area contributed by atoms with E-state index < -0.39 is 0 Å². The third-order valence-corrected chi connectivity index (χ3v) is 3.55. The van der Waals surface area contributed by atoms with Gasteiger partial charge in [-0.3, -0.25) is 0 Å². The lowest BCUT2D eigenvalue weighted by molar-refractivity contribution is 0.581. The minimum atomic E-state index is 0.655. The monoisotopic (exact) mass is 189 g/mol. The van der Waals surface area contributed by atoms with E-state index in [1.165, 1.54) is 25.8 Å². The number of aromatic nitrogens is 1. The molecule has 0 atom stereocenters. The molecule has 1 aromatic heterocycles. The predicted molar refractivity (Wildman–Crippen MR) is 57.1 cm³/mol. The summed E-state index contributed by atoms with van der Waals surface area (Å²) in [6, 6.07) is 4.04. The van der Waals surface area contributed by atoms with Crippen LogP contribution in [0.2, 0.25) is 0 Å². The second-order valence-electron chi connectivity index (χ2n) is 4.58. The van der Waals surface area contributed by atoms with Gasteiger partial charge in [0.2, 0.25) is 0 Å². The molecule has 1 saturated heterocycles. The van der Waals surface area contributed by atoms with Crippen molar-refractivity contribution >= 4 is 11.5 Å². The first-order chi connectivity index (χ1) is 6.79. The van der Waals surface area contributed by atoms with E-state index in [9.17, 15) is 0 Å². The van der Waals surface area contributed by atoms with Crippen LogP contribution in [0.15, 0.2) is 18.3 Å². The highest BCUT2D eigenvalue weighted by Crippen LogP contribution is 2.53. The Bertz CT molecular complexity index is 357. The van der Waals surface area contributed by atoms with Crippen molar-refractivity contribution in [3.8, 4) is 0 Å². The maximum Gasteiger partial charge on any atom is 0.146 e. The summed E-state index contributed by atoms with van der Waals surface area (Å²) in [4.78, 5) is 6.51. The zero-order valence-corrected chi connectivity index (χ0v) is 8.24. The number of nitrogens with two attached hydrogens (primary N) is 1. The van der Waals surface area contributed by atoms with Crippen LogP contribution in [0.1, 0.15) is 19.3 Å². The first-order valence-corrected chi connectivity index (χ1v) is 5.25. The molecule has 1 spiro atoms. The van der Waals surface area contributed by atoms with Crippen LogP contribution in [-0.4, -0.2) is 18.1 Å². The highest BCUT2D eigenvalue weighted by atomic mass is 15.2. The van der Waals surface area contributed by atoms with Crippen LogP contribution in [-0.2, 0) is 0 Å². The highest BCUT2D eigenvalue weighted by molar-refractivity contribution is 5.63. The van der Waals surface area contributed by atoms with E-state index in [0.717, 1.165) is 12.2 Å². The second-order valence-corrected chi connectivity index (χ2v) is 4.58. The lowest BCUT2D eigenvalue weighted by atomic mass is 10.1. The van der Waals surface area contributed by atoms with Gasteiger partial charge in [0, 0.05) is 19.3 Å². The summed E-state index contributed by atoms with van der Waals surface area (Å²) in [5.41, 5.74) is 7.63. The molecule has 1 aliphatic carbocycles. The third-order valence-electron chi connectivity index (χ3n) is 3.55. The number of pyridine rings is 1. The lowest BCUT2D eigenvalue weighted by Crippen LogP contribution is -2.21. The van der Waals surface area contributed by atoms with Gasteiger partial charge in [-0.2, -0.15) is 0 Å². The highest BCUT2D eigenvalue weighted by Gasteiger charge is 2.47. The molecule has 0 bridgehead atoms. The number of nitrogens with zero attached hydrogens (tertiary/aromatic N) is 2. The summed E-state index contributed by atoms with van der Waals surface area (Å²) >= 11 is 0. The van der Waals surface area contributed by atoms with Crippen molar-refractivity contribution < 1.29 is 0 Å². The van der Waals surface area contributed by atoms with Crippen molar-refractivity contribution in [1.82, 2.24) is 4.98 Å². The van der Waals surface area contributed by atoms with Crippen molar-refractivity contribution in [2.24, 2.45) is 5.41 Å². The van der Waals surface area contributed by atoms with E-state index in [-0.39, 0.29) is 0 Å². The number of nitrogen functional groups attached to an aromatic ring is 1. The standard InChI is InChI=1S/C11H15N3/c12-10-9(2-1-6-13-10)14-7-5-11(8-14)3-4-11/h1-2,6H,3-5,7-8H2,(H2,12,13). The van der Waals surface area contributed by atoms with Crippen LogP contribution in [0.5, 0.6) is 0 Å². The molecule has 0 aromatic carbocycles. The summed E-state index contributed by atoms with van der Waals surface area (Å²) < 4.78 is 0. The summed E-state index contributed by atoms with van der Waals surface area (Å²) in [7, 11) is 0. The first-order valence-electron chi connectivity index (χ1n) is 5.25. The average Bonchev–Trinajstić information content (AvgIpc) is 2.79. The molecule has 1 aromatic rings. The van der Waals surface area contributed by atoms with Gasteiger partial charge in [-0.15, -0.1) is 0 Å². The van der Waals surface area contributed by atoms with Gasteiger partial charge in [-0.1, -0.05) is 0 Å². The molecule has 0 unspecified atom stereocenters. The van der Waals surface area contributed by atoms with Crippen LogP contribution in [0.3, 0.4) is 0 Å². The summed E-state index contributed by atoms with van der Waals surface area (Å²) in [6.45, 7) is 2.33. The van der Waals surface area contributed by atoms with Crippen molar-refractivity contribution in [3.63, 3.8) is 0 Å². The fourth-order valence-corrected chi connectivity index (χ4v) is 2.40. The van der Waals surface area contributed by atoms with Crippen molar-refractivity contribution in [2.45, 2.75) is 19.3 Å². The molecule has 1 aliphatic heterocycles. The van der Waals surface area contributed by atoms with Crippen molar-refractivity contribution in [1.29, 1.82) is 0 Å². The van der Waals surface area contributed by atoms with Gasteiger partial charge in [0.1, 0.15) is 5.82 Å². The number of hydrogen-bond acceptors (Lipinski definition) is 3. The fraction of sp³-hybridized carbons (Fsp3) is 0.545. The molecule has 74 valence electrons. The van der Waals surface area contributed by atoms with Gasteiger partial charge in [0.15, 0.2) is 0 Å². The third kappa shape index (κ3) is 1.15. The molecule has 0 amide bonds. The molecule has 3 nitrogen and oxygen atoms in total. The van der Waals surface area contributed by atoms with Crippen molar-refractivity contribution in [2.75, 3.05) is 23.7 Å². The Labute approximate surface area is 83.9 Å². The zero-order chi connectivity index (χ0) is 9.60.